The van der Waals surface area contributed by atoms with Gasteiger partial charge in [0, 0.05) is 28.8 Å². The summed E-state index contributed by atoms with van der Waals surface area (Å²) in [6.07, 6.45) is 1.77. The third-order valence-corrected chi connectivity index (χ3v) is 5.01. The molecule has 0 saturated heterocycles. The number of nitrogens with one attached hydrogen (secondary N) is 1. The van der Waals surface area contributed by atoms with Crippen molar-refractivity contribution in [3.05, 3.63) is 45.5 Å². The molecule has 0 aliphatic carbocycles. The number of carbonyl (C=O) groups is 2. The Hall–Kier alpha value is -3.09. The van der Waals surface area contributed by atoms with Crippen molar-refractivity contribution in [1.82, 2.24) is 5.32 Å². The first-order chi connectivity index (χ1) is 13.2. The summed E-state index contributed by atoms with van der Waals surface area (Å²) in [5.74, 6) is -2.09. The van der Waals surface area contributed by atoms with Crippen molar-refractivity contribution in [2.24, 2.45) is 5.92 Å². The first kappa shape index (κ1) is 19.7. The molecule has 0 aliphatic heterocycles. The van der Waals surface area contributed by atoms with E-state index in [0.29, 0.717) is 16.7 Å². The maximum atomic E-state index is 12.4. The summed E-state index contributed by atoms with van der Waals surface area (Å²) in [6.45, 7) is 7.11. The molecule has 3 rings (SSSR count). The number of fused-ring (bicyclic) bond motifs is 2. The van der Waals surface area contributed by atoms with Crippen LogP contribution in [0.4, 0.5) is 0 Å². The van der Waals surface area contributed by atoms with Crippen molar-refractivity contribution in [1.29, 1.82) is 0 Å². The molecule has 2 heterocycles. The van der Waals surface area contributed by atoms with Gasteiger partial charge in [0.05, 0.1) is 18.3 Å². The number of amides is 1. The first-order valence-electron chi connectivity index (χ1n) is 9.13. The number of benzene rings is 1. The third-order valence-electron chi connectivity index (χ3n) is 5.01. The van der Waals surface area contributed by atoms with E-state index in [4.69, 9.17) is 8.83 Å². The Morgan fingerprint density at radius 2 is 1.86 bits per heavy atom. The van der Waals surface area contributed by atoms with E-state index in [0.717, 1.165) is 21.9 Å². The van der Waals surface area contributed by atoms with E-state index in [2.05, 4.69) is 5.32 Å². The molecule has 1 amide bonds. The number of carbonyl (C=O) groups excluding carboxylic acids is 2. The molecular formula is C21H22NO6-. The van der Waals surface area contributed by atoms with Crippen LogP contribution in [0.15, 0.2) is 32.0 Å². The van der Waals surface area contributed by atoms with Crippen LogP contribution in [0, 0.1) is 19.8 Å². The number of hydrogen-bond donors (Lipinski definition) is 1. The number of aryl methyl sites for hydroxylation is 2. The summed E-state index contributed by atoms with van der Waals surface area (Å²) in [5.41, 5.74) is 2.67. The highest BCUT2D eigenvalue weighted by Gasteiger charge is 2.19. The predicted molar refractivity (Wildman–Crippen MR) is 102 cm³/mol. The minimum atomic E-state index is -1.33. The fraction of sp³-hybridized carbons (Fsp3) is 0.381. The van der Waals surface area contributed by atoms with Crippen molar-refractivity contribution in [2.45, 2.75) is 46.6 Å². The average molecular weight is 384 g/mol. The highest BCUT2D eigenvalue weighted by Crippen LogP contribution is 2.29. The van der Waals surface area contributed by atoms with Crippen molar-refractivity contribution in [2.75, 3.05) is 0 Å². The van der Waals surface area contributed by atoms with Gasteiger partial charge in [-0.15, -0.1) is 0 Å². The molecule has 1 N–H and O–H groups in total. The number of carboxylic acids is 1. The minimum absolute atomic E-state index is 0.0272. The largest absolute Gasteiger partial charge is 0.548 e. The van der Waals surface area contributed by atoms with Gasteiger partial charge in [0.2, 0.25) is 5.91 Å². The maximum Gasteiger partial charge on any atom is 0.339 e. The Morgan fingerprint density at radius 1 is 1.14 bits per heavy atom. The van der Waals surface area contributed by atoms with Crippen molar-refractivity contribution in [3.8, 4) is 0 Å². The molecule has 148 valence electrons. The highest BCUT2D eigenvalue weighted by molar-refractivity contribution is 5.96. The third kappa shape index (κ3) is 3.65. The number of hydrogen-bond acceptors (Lipinski definition) is 6. The van der Waals surface area contributed by atoms with Crippen molar-refractivity contribution < 1.29 is 23.5 Å². The SMILES string of the molecule is Cc1coc2cc3oc(=O)c(CCC(=O)N[C@H](C(=O)[O-])C(C)C)c(C)c3cc12. The highest BCUT2D eigenvalue weighted by atomic mass is 16.4. The fourth-order valence-corrected chi connectivity index (χ4v) is 3.31. The molecule has 0 unspecified atom stereocenters. The molecular weight excluding hydrogens is 362 g/mol. The lowest BCUT2D eigenvalue weighted by atomic mass is 10.00. The molecule has 0 radical (unpaired) electrons. The molecule has 0 saturated carbocycles. The fourth-order valence-electron chi connectivity index (χ4n) is 3.31. The molecule has 0 fully saturated rings. The summed E-state index contributed by atoms with van der Waals surface area (Å²) in [6, 6.07) is 2.53. The van der Waals surface area contributed by atoms with Crippen LogP contribution < -0.4 is 16.0 Å². The molecule has 0 spiro atoms. The summed E-state index contributed by atoms with van der Waals surface area (Å²) < 4.78 is 10.9. The van der Waals surface area contributed by atoms with Gasteiger partial charge < -0.3 is 24.1 Å². The Kier molecular flexibility index (Phi) is 5.27. The van der Waals surface area contributed by atoms with Gasteiger partial charge in [-0.05, 0) is 43.4 Å². The Morgan fingerprint density at radius 3 is 2.50 bits per heavy atom. The Bertz CT molecular complexity index is 1120. The summed E-state index contributed by atoms with van der Waals surface area (Å²) in [5, 5.41) is 15.3. The standard InChI is InChI=1S/C21H23NO6/c1-10(2)19(20(24)25)22-18(23)6-5-13-12(4)15-7-14-11(3)9-27-16(14)8-17(15)28-21(13)26/h7-10,19H,5-6H2,1-4H3,(H,22,23)(H,24,25)/p-1/t19-/m0/s1. The van der Waals surface area contributed by atoms with Gasteiger partial charge in [-0.3, -0.25) is 4.79 Å². The van der Waals surface area contributed by atoms with E-state index >= 15 is 0 Å². The zero-order chi connectivity index (χ0) is 20.6. The van der Waals surface area contributed by atoms with Gasteiger partial charge in [0.25, 0.3) is 0 Å². The normalized spacial score (nSPS) is 12.6. The first-order valence-corrected chi connectivity index (χ1v) is 9.13. The van der Waals surface area contributed by atoms with Gasteiger partial charge in [-0.25, -0.2) is 4.79 Å². The summed E-state index contributed by atoms with van der Waals surface area (Å²) in [7, 11) is 0. The molecule has 2 aromatic heterocycles. The molecule has 0 aliphatic rings. The number of rotatable bonds is 6. The average Bonchev–Trinajstić information content (AvgIpc) is 2.97. The quantitative estimate of drug-likeness (QED) is 0.650. The number of carboxylic acid groups (broad SMARTS) is 1. The van der Waals surface area contributed by atoms with Crippen LogP contribution in [0.2, 0.25) is 0 Å². The van der Waals surface area contributed by atoms with Crippen molar-refractivity contribution >= 4 is 33.8 Å². The van der Waals surface area contributed by atoms with Gasteiger partial charge >= 0.3 is 5.63 Å². The summed E-state index contributed by atoms with van der Waals surface area (Å²) >= 11 is 0. The van der Waals surface area contributed by atoms with Crippen LogP contribution in [0.3, 0.4) is 0 Å². The van der Waals surface area contributed by atoms with Crippen LogP contribution in [0.25, 0.3) is 21.9 Å². The van der Waals surface area contributed by atoms with Crippen LogP contribution in [-0.4, -0.2) is 17.9 Å². The second-order valence-corrected chi connectivity index (χ2v) is 7.36. The van der Waals surface area contributed by atoms with Crippen LogP contribution in [0.5, 0.6) is 0 Å². The van der Waals surface area contributed by atoms with E-state index in [1.807, 2.05) is 19.9 Å². The van der Waals surface area contributed by atoms with Gasteiger partial charge in [0.1, 0.15) is 11.2 Å². The lowest BCUT2D eigenvalue weighted by Gasteiger charge is -2.23. The smallest absolute Gasteiger partial charge is 0.339 e. The van der Waals surface area contributed by atoms with Gasteiger partial charge in [-0.1, -0.05) is 13.8 Å². The monoisotopic (exact) mass is 384 g/mol. The predicted octanol–water partition coefficient (Wildman–Crippen LogP) is 1.98. The number of aliphatic carboxylic acids is 1. The molecule has 0 bridgehead atoms. The van der Waals surface area contributed by atoms with E-state index in [1.54, 1.807) is 26.2 Å². The van der Waals surface area contributed by atoms with E-state index in [9.17, 15) is 19.5 Å². The van der Waals surface area contributed by atoms with Crippen molar-refractivity contribution in [3.63, 3.8) is 0 Å². The number of furan rings is 1. The summed E-state index contributed by atoms with van der Waals surface area (Å²) in [4.78, 5) is 35.7. The van der Waals surface area contributed by atoms with Gasteiger partial charge in [0.15, 0.2) is 0 Å². The Balaban J connectivity index is 1.87. The molecule has 7 heteroatoms. The topological polar surface area (TPSA) is 113 Å². The molecule has 28 heavy (non-hydrogen) atoms. The lowest BCUT2D eigenvalue weighted by Crippen LogP contribution is -2.50. The molecule has 3 aromatic rings. The molecule has 1 aromatic carbocycles. The molecule has 1 atom stereocenters. The lowest BCUT2D eigenvalue weighted by molar-refractivity contribution is -0.309. The van der Waals surface area contributed by atoms with E-state index in [-0.39, 0.29) is 18.8 Å². The zero-order valence-electron chi connectivity index (χ0n) is 16.3. The second-order valence-electron chi connectivity index (χ2n) is 7.36. The minimum Gasteiger partial charge on any atom is -0.548 e. The Labute approximate surface area is 161 Å². The van der Waals surface area contributed by atoms with E-state index < -0.39 is 23.5 Å². The maximum absolute atomic E-state index is 12.4. The molecule has 7 nitrogen and oxygen atoms in total. The van der Waals surface area contributed by atoms with Crippen LogP contribution in [0.1, 0.15) is 37.0 Å². The van der Waals surface area contributed by atoms with Crippen LogP contribution in [-0.2, 0) is 16.0 Å². The van der Waals surface area contributed by atoms with Crippen LogP contribution >= 0.6 is 0 Å². The second kappa shape index (κ2) is 7.50. The van der Waals surface area contributed by atoms with E-state index in [1.165, 1.54) is 0 Å². The van der Waals surface area contributed by atoms with Gasteiger partial charge in [-0.2, -0.15) is 0 Å². The zero-order valence-corrected chi connectivity index (χ0v) is 16.3.